The van der Waals surface area contributed by atoms with Gasteiger partial charge in [0.25, 0.3) is 0 Å². The molecule has 11 nitrogen and oxygen atoms in total. The molecule has 0 aromatic carbocycles. The lowest BCUT2D eigenvalue weighted by Crippen LogP contribution is -2.60. The summed E-state index contributed by atoms with van der Waals surface area (Å²) in [5, 5.41) is 54.2. The van der Waals surface area contributed by atoms with E-state index in [1.165, 1.54) is 193 Å². The second kappa shape index (κ2) is 50.3. The number of hydrogen-bond acceptors (Lipinski definition) is 10. The topological polar surface area (TPSA) is 175 Å². The monoisotopic (exact) mass is 1010 g/mol. The summed E-state index contributed by atoms with van der Waals surface area (Å²) in [4.78, 5) is 25.1. The molecule has 6 N–H and O–H groups in total. The van der Waals surface area contributed by atoms with E-state index in [-0.39, 0.29) is 18.5 Å². The first-order valence-corrected chi connectivity index (χ1v) is 30.1. The fourth-order valence-corrected chi connectivity index (χ4v) is 9.49. The Labute approximate surface area is 435 Å². The first-order valence-electron chi connectivity index (χ1n) is 30.1. The number of esters is 1. The molecular formula is C60H113NO10. The minimum Gasteiger partial charge on any atom is -0.466 e. The molecule has 1 amide bonds. The minimum absolute atomic E-state index is 0.0158. The van der Waals surface area contributed by atoms with Crippen molar-refractivity contribution in [3.63, 3.8) is 0 Å². The van der Waals surface area contributed by atoms with Gasteiger partial charge < -0.3 is 45.1 Å². The molecule has 0 aromatic rings. The van der Waals surface area contributed by atoms with E-state index in [4.69, 9.17) is 14.2 Å². The second-order valence-corrected chi connectivity index (χ2v) is 21.1. The molecule has 0 radical (unpaired) electrons. The molecular weight excluding hydrogens is 895 g/mol. The first-order chi connectivity index (χ1) is 34.7. The van der Waals surface area contributed by atoms with Crippen LogP contribution in [0.15, 0.2) is 24.3 Å². The molecule has 1 aliphatic rings. The van der Waals surface area contributed by atoms with Gasteiger partial charge in [0.1, 0.15) is 24.4 Å². The molecule has 0 spiro atoms. The number of hydrogen-bond donors (Lipinski definition) is 6. The number of ether oxygens (including phenoxy) is 3. The van der Waals surface area contributed by atoms with Gasteiger partial charge in [-0.3, -0.25) is 9.59 Å². The van der Waals surface area contributed by atoms with Crippen molar-refractivity contribution in [2.24, 2.45) is 0 Å². The predicted octanol–water partition coefficient (Wildman–Crippen LogP) is 13.7. The highest BCUT2D eigenvalue weighted by Gasteiger charge is 2.44. The van der Waals surface area contributed by atoms with Crippen LogP contribution < -0.4 is 5.32 Å². The Kier molecular flexibility index (Phi) is 47.6. The third-order valence-corrected chi connectivity index (χ3v) is 14.3. The number of amides is 1. The van der Waals surface area contributed by atoms with Crippen molar-refractivity contribution in [3.8, 4) is 0 Å². The molecule has 11 heteroatoms. The Bertz CT molecular complexity index is 1230. The Morgan fingerprint density at radius 1 is 0.507 bits per heavy atom. The van der Waals surface area contributed by atoms with E-state index < -0.39 is 49.5 Å². The zero-order valence-electron chi connectivity index (χ0n) is 45.9. The highest BCUT2D eigenvalue weighted by Crippen LogP contribution is 2.23. The number of carbonyl (C=O) groups is 2. The zero-order valence-corrected chi connectivity index (χ0v) is 45.9. The van der Waals surface area contributed by atoms with Crippen LogP contribution in [-0.2, 0) is 23.8 Å². The zero-order chi connectivity index (χ0) is 51.7. The van der Waals surface area contributed by atoms with Crippen LogP contribution in [0.1, 0.15) is 284 Å². The largest absolute Gasteiger partial charge is 0.466 e. The third-order valence-electron chi connectivity index (χ3n) is 14.3. The van der Waals surface area contributed by atoms with Gasteiger partial charge in [0, 0.05) is 12.8 Å². The molecule has 1 saturated heterocycles. The summed E-state index contributed by atoms with van der Waals surface area (Å²) in [5.41, 5.74) is 0. The molecule has 7 unspecified atom stereocenters. The van der Waals surface area contributed by atoms with Crippen molar-refractivity contribution in [2.45, 2.75) is 326 Å². The molecule has 1 rings (SSSR count). The highest BCUT2D eigenvalue weighted by molar-refractivity contribution is 5.76. The maximum Gasteiger partial charge on any atom is 0.305 e. The Morgan fingerprint density at radius 3 is 1.35 bits per heavy atom. The Balaban J connectivity index is 2.01. The van der Waals surface area contributed by atoms with E-state index in [0.29, 0.717) is 19.4 Å². The van der Waals surface area contributed by atoms with E-state index in [0.717, 1.165) is 64.2 Å². The van der Waals surface area contributed by atoms with Gasteiger partial charge in [0.15, 0.2) is 6.29 Å². The lowest BCUT2D eigenvalue weighted by molar-refractivity contribution is -0.302. The number of allylic oxidation sites excluding steroid dienone is 3. The lowest BCUT2D eigenvalue weighted by Gasteiger charge is -2.40. The fourth-order valence-electron chi connectivity index (χ4n) is 9.49. The van der Waals surface area contributed by atoms with Crippen LogP contribution in [0.4, 0.5) is 0 Å². The maximum absolute atomic E-state index is 13.0. The molecule has 0 aromatic heterocycles. The van der Waals surface area contributed by atoms with Crippen LogP contribution >= 0.6 is 0 Å². The highest BCUT2D eigenvalue weighted by atomic mass is 16.7. The average Bonchev–Trinajstić information content (AvgIpc) is 3.37. The molecule has 1 aliphatic heterocycles. The van der Waals surface area contributed by atoms with E-state index in [1.54, 1.807) is 6.08 Å². The summed E-state index contributed by atoms with van der Waals surface area (Å²) in [5.74, 6) is -0.203. The van der Waals surface area contributed by atoms with Gasteiger partial charge in [0.2, 0.25) is 5.91 Å². The van der Waals surface area contributed by atoms with Crippen molar-refractivity contribution >= 4 is 11.9 Å². The van der Waals surface area contributed by atoms with Crippen molar-refractivity contribution < 1.29 is 49.3 Å². The Morgan fingerprint density at radius 2 is 0.901 bits per heavy atom. The lowest BCUT2D eigenvalue weighted by atomic mass is 9.99. The quantitative estimate of drug-likeness (QED) is 0.0195. The van der Waals surface area contributed by atoms with Gasteiger partial charge in [-0.05, 0) is 57.8 Å². The first kappa shape index (κ1) is 67.2. The summed E-state index contributed by atoms with van der Waals surface area (Å²) in [6, 6.07) is -0.811. The molecule has 7 atom stereocenters. The van der Waals surface area contributed by atoms with Crippen molar-refractivity contribution in [2.75, 3.05) is 19.8 Å². The molecule has 1 heterocycles. The summed E-state index contributed by atoms with van der Waals surface area (Å²) in [6.07, 6.45) is 49.9. The van der Waals surface area contributed by atoms with Crippen molar-refractivity contribution in [1.29, 1.82) is 0 Å². The number of nitrogens with one attached hydrogen (secondary N) is 1. The van der Waals surface area contributed by atoms with E-state index >= 15 is 0 Å². The summed E-state index contributed by atoms with van der Waals surface area (Å²) < 4.78 is 16.7. The van der Waals surface area contributed by atoms with Gasteiger partial charge in [-0.15, -0.1) is 0 Å². The van der Waals surface area contributed by atoms with Crippen LogP contribution in [-0.4, -0.2) is 100 Å². The van der Waals surface area contributed by atoms with Crippen LogP contribution in [0, 0.1) is 0 Å². The number of carbonyl (C=O) groups excluding carboxylic acids is 2. The van der Waals surface area contributed by atoms with Crippen molar-refractivity contribution in [3.05, 3.63) is 24.3 Å². The number of rotatable bonds is 52. The van der Waals surface area contributed by atoms with E-state index in [2.05, 4.69) is 31.3 Å². The summed E-state index contributed by atoms with van der Waals surface area (Å²) in [7, 11) is 0. The van der Waals surface area contributed by atoms with Crippen LogP contribution in [0.5, 0.6) is 0 Å². The third kappa shape index (κ3) is 40.2. The normalized spacial score (nSPS) is 19.2. The Hall–Kier alpha value is -1.86. The van der Waals surface area contributed by atoms with Crippen LogP contribution in [0.2, 0.25) is 0 Å². The molecule has 71 heavy (non-hydrogen) atoms. The van der Waals surface area contributed by atoms with Gasteiger partial charge >= 0.3 is 5.97 Å². The predicted molar refractivity (Wildman–Crippen MR) is 292 cm³/mol. The molecule has 418 valence electrons. The maximum atomic E-state index is 13.0. The summed E-state index contributed by atoms with van der Waals surface area (Å²) >= 11 is 0. The number of aliphatic hydroxyl groups is 5. The fraction of sp³-hybridized carbons (Fsp3) is 0.900. The van der Waals surface area contributed by atoms with E-state index in [9.17, 15) is 35.1 Å². The van der Waals surface area contributed by atoms with Gasteiger partial charge in [-0.2, -0.15) is 0 Å². The number of aliphatic hydroxyl groups excluding tert-OH is 5. The van der Waals surface area contributed by atoms with Gasteiger partial charge in [-0.1, -0.05) is 237 Å². The second-order valence-electron chi connectivity index (χ2n) is 21.1. The van der Waals surface area contributed by atoms with Crippen molar-refractivity contribution in [1.82, 2.24) is 5.32 Å². The van der Waals surface area contributed by atoms with Crippen LogP contribution in [0.25, 0.3) is 0 Å². The molecule has 0 aliphatic carbocycles. The van der Waals surface area contributed by atoms with Crippen LogP contribution in [0.3, 0.4) is 0 Å². The minimum atomic E-state index is -1.57. The standard InChI is InChI=1S/C60H113NO10/c1-3-5-7-9-11-13-14-15-16-22-25-28-32-36-40-44-48-56(65)69-49-45-41-37-33-29-26-23-20-18-17-19-21-24-27-31-35-39-43-47-55(64)61-52(53(63)46-42-38-34-30-12-10-8-6-4-2)51-70-60-59(68)58(67)57(66)54(50-62)71-60/h16,22,42,46,52-54,57-60,62-63,66-68H,3-15,17-21,23-41,43-45,47-51H2,1-2H3,(H,61,64)/b22-16-,46-42+. The molecule has 0 saturated carbocycles. The van der Waals surface area contributed by atoms with E-state index in [1.807, 2.05) is 6.08 Å². The van der Waals surface area contributed by atoms with Gasteiger partial charge in [0.05, 0.1) is 32.0 Å². The number of unbranched alkanes of at least 4 members (excludes halogenated alkanes) is 36. The summed E-state index contributed by atoms with van der Waals surface area (Å²) in [6.45, 7) is 4.30. The molecule has 0 bridgehead atoms. The SMILES string of the molecule is CCCCCCCCC/C=C\CCCCCCCC(=O)OCCCCCCCCCCCCCCCCCCCCC(=O)NC(COC1OC(CO)C(O)C(O)C1O)C(O)/C=C/CCCCCCCCC. The van der Waals surface area contributed by atoms with Gasteiger partial charge in [-0.25, -0.2) is 0 Å². The average molecular weight is 1010 g/mol. The smallest absolute Gasteiger partial charge is 0.305 e. The molecule has 1 fully saturated rings.